The molecular formula is C25H27NO6. The monoisotopic (exact) mass is 437 g/mol. The number of ether oxygens (including phenoxy) is 2. The van der Waals surface area contributed by atoms with Gasteiger partial charge in [-0.25, -0.2) is 4.79 Å². The Hall–Kier alpha value is -3.61. The van der Waals surface area contributed by atoms with Crippen LogP contribution in [0.15, 0.2) is 57.7 Å². The summed E-state index contributed by atoms with van der Waals surface area (Å²) in [5.74, 6) is -0.482. The summed E-state index contributed by atoms with van der Waals surface area (Å²) in [6, 6.07) is 12.7. The molecule has 1 aromatic heterocycles. The summed E-state index contributed by atoms with van der Waals surface area (Å²) >= 11 is 0. The van der Waals surface area contributed by atoms with Crippen LogP contribution in [0.5, 0.6) is 5.75 Å². The molecular weight excluding hydrogens is 410 g/mol. The summed E-state index contributed by atoms with van der Waals surface area (Å²) < 4.78 is 16.4. The Labute approximate surface area is 186 Å². The number of benzene rings is 2. The van der Waals surface area contributed by atoms with Crippen molar-refractivity contribution in [3.05, 3.63) is 70.1 Å². The number of rotatable bonds is 9. The quantitative estimate of drug-likeness (QED) is 0.372. The predicted octanol–water partition coefficient (Wildman–Crippen LogP) is 5.04. The minimum atomic E-state index is -0.725. The molecule has 0 spiro atoms. The van der Waals surface area contributed by atoms with E-state index in [4.69, 9.17) is 13.9 Å². The number of nitrogens with one attached hydrogen (secondary N) is 1. The summed E-state index contributed by atoms with van der Waals surface area (Å²) in [5.41, 5.74) is 0.419. The molecule has 3 rings (SSSR count). The number of para-hydroxylation sites is 1. The van der Waals surface area contributed by atoms with Gasteiger partial charge in [0, 0.05) is 11.6 Å². The standard InChI is InChI=1S/C25H27NO6/c1-4-5-13-30-18-11-9-17(10-12-18)24(28)26-20-8-6-7-19-21(27)14-22(32-23(19)20)25(29)31-15-16(2)3/h6-12,14,16H,4-5,13,15H2,1-3H3,(H,26,28). The average Bonchev–Trinajstić information content (AvgIpc) is 2.78. The first-order chi connectivity index (χ1) is 15.4. The fraction of sp³-hybridized carbons (Fsp3) is 0.320. The summed E-state index contributed by atoms with van der Waals surface area (Å²) in [5, 5.41) is 3.00. The number of esters is 1. The van der Waals surface area contributed by atoms with Crippen LogP contribution in [0.1, 0.15) is 54.5 Å². The van der Waals surface area contributed by atoms with Crippen molar-refractivity contribution in [1.82, 2.24) is 0 Å². The number of amides is 1. The van der Waals surface area contributed by atoms with Crippen LogP contribution in [-0.2, 0) is 4.74 Å². The van der Waals surface area contributed by atoms with E-state index in [9.17, 15) is 14.4 Å². The number of fused-ring (bicyclic) bond motifs is 1. The molecule has 7 heteroatoms. The van der Waals surface area contributed by atoms with Crippen molar-refractivity contribution in [3.8, 4) is 5.75 Å². The molecule has 1 heterocycles. The molecule has 0 unspecified atom stereocenters. The van der Waals surface area contributed by atoms with Gasteiger partial charge in [-0.1, -0.05) is 33.3 Å². The van der Waals surface area contributed by atoms with E-state index in [1.54, 1.807) is 42.5 Å². The smallest absolute Gasteiger partial charge is 0.374 e. The van der Waals surface area contributed by atoms with E-state index in [2.05, 4.69) is 12.2 Å². The molecule has 7 nitrogen and oxygen atoms in total. The maximum absolute atomic E-state index is 12.7. The van der Waals surface area contributed by atoms with Gasteiger partial charge in [0.05, 0.1) is 24.3 Å². The Balaban J connectivity index is 1.82. The second-order valence-electron chi connectivity index (χ2n) is 7.83. The fourth-order valence-electron chi connectivity index (χ4n) is 2.92. The van der Waals surface area contributed by atoms with Crippen molar-refractivity contribution in [3.63, 3.8) is 0 Å². The van der Waals surface area contributed by atoms with Crippen LogP contribution < -0.4 is 15.5 Å². The zero-order chi connectivity index (χ0) is 23.1. The van der Waals surface area contributed by atoms with Gasteiger partial charge < -0.3 is 19.2 Å². The molecule has 0 atom stereocenters. The molecule has 0 bridgehead atoms. The Morgan fingerprint density at radius 2 is 1.84 bits per heavy atom. The number of anilines is 1. The second kappa shape index (κ2) is 10.6. The third kappa shape index (κ3) is 5.75. The molecule has 2 aromatic carbocycles. The largest absolute Gasteiger partial charge is 0.494 e. The summed E-state index contributed by atoms with van der Waals surface area (Å²) in [7, 11) is 0. The molecule has 0 saturated heterocycles. The van der Waals surface area contributed by atoms with Gasteiger partial charge in [0.1, 0.15) is 5.75 Å². The number of unbranched alkanes of at least 4 members (excludes halogenated alkanes) is 1. The molecule has 1 N–H and O–H groups in total. The minimum absolute atomic E-state index is 0.115. The first kappa shape index (κ1) is 23.1. The Bertz CT molecular complexity index is 1150. The molecule has 0 aliphatic heterocycles. The van der Waals surface area contributed by atoms with E-state index in [-0.39, 0.29) is 40.8 Å². The van der Waals surface area contributed by atoms with Gasteiger partial charge >= 0.3 is 5.97 Å². The molecule has 1 amide bonds. The van der Waals surface area contributed by atoms with Crippen LogP contribution in [0, 0.1) is 5.92 Å². The van der Waals surface area contributed by atoms with Gasteiger partial charge in [0.2, 0.25) is 5.76 Å². The second-order valence-corrected chi connectivity index (χ2v) is 7.83. The summed E-state index contributed by atoms with van der Waals surface area (Å²) in [6.45, 7) is 6.72. The summed E-state index contributed by atoms with van der Waals surface area (Å²) in [4.78, 5) is 37.5. The molecule has 0 radical (unpaired) electrons. The van der Waals surface area contributed by atoms with Gasteiger partial charge in [-0.2, -0.15) is 0 Å². The van der Waals surface area contributed by atoms with Gasteiger partial charge in [-0.15, -0.1) is 0 Å². The molecule has 3 aromatic rings. The van der Waals surface area contributed by atoms with E-state index in [0.717, 1.165) is 18.9 Å². The van der Waals surface area contributed by atoms with Crippen LogP contribution in [0.3, 0.4) is 0 Å². The fourth-order valence-corrected chi connectivity index (χ4v) is 2.92. The van der Waals surface area contributed by atoms with Crippen LogP contribution in [0.25, 0.3) is 11.0 Å². The first-order valence-corrected chi connectivity index (χ1v) is 10.7. The highest BCUT2D eigenvalue weighted by atomic mass is 16.5. The lowest BCUT2D eigenvalue weighted by Crippen LogP contribution is -2.15. The van der Waals surface area contributed by atoms with E-state index in [1.165, 1.54) is 0 Å². The van der Waals surface area contributed by atoms with Crippen molar-refractivity contribution < 1.29 is 23.5 Å². The van der Waals surface area contributed by atoms with Crippen LogP contribution in [-0.4, -0.2) is 25.1 Å². The molecule has 0 saturated carbocycles. The Kier molecular flexibility index (Phi) is 7.65. The van der Waals surface area contributed by atoms with Crippen LogP contribution >= 0.6 is 0 Å². The zero-order valence-corrected chi connectivity index (χ0v) is 18.5. The van der Waals surface area contributed by atoms with Crippen molar-refractivity contribution in [2.24, 2.45) is 5.92 Å². The highest BCUT2D eigenvalue weighted by molar-refractivity contribution is 6.08. The number of hydrogen-bond donors (Lipinski definition) is 1. The highest BCUT2D eigenvalue weighted by Gasteiger charge is 2.17. The topological polar surface area (TPSA) is 94.8 Å². The number of carbonyl (C=O) groups excluding carboxylic acids is 2. The maximum atomic E-state index is 12.7. The molecule has 168 valence electrons. The first-order valence-electron chi connectivity index (χ1n) is 10.7. The normalized spacial score (nSPS) is 10.9. The lowest BCUT2D eigenvalue weighted by atomic mass is 10.1. The van der Waals surface area contributed by atoms with Crippen molar-refractivity contribution in [2.45, 2.75) is 33.6 Å². The van der Waals surface area contributed by atoms with E-state index in [1.807, 2.05) is 13.8 Å². The third-order valence-corrected chi connectivity index (χ3v) is 4.63. The van der Waals surface area contributed by atoms with E-state index < -0.39 is 11.4 Å². The maximum Gasteiger partial charge on any atom is 0.374 e. The van der Waals surface area contributed by atoms with Crippen molar-refractivity contribution in [2.75, 3.05) is 18.5 Å². The van der Waals surface area contributed by atoms with Gasteiger partial charge in [-0.05, 0) is 48.7 Å². The lowest BCUT2D eigenvalue weighted by Gasteiger charge is -2.10. The number of carbonyl (C=O) groups is 2. The highest BCUT2D eigenvalue weighted by Crippen LogP contribution is 2.24. The SMILES string of the molecule is CCCCOc1ccc(C(=O)Nc2cccc3c(=O)cc(C(=O)OCC(C)C)oc23)cc1. The van der Waals surface area contributed by atoms with Gasteiger partial charge in [0.25, 0.3) is 5.91 Å². The van der Waals surface area contributed by atoms with Crippen LogP contribution in [0.4, 0.5) is 5.69 Å². The van der Waals surface area contributed by atoms with E-state index in [0.29, 0.717) is 17.9 Å². The van der Waals surface area contributed by atoms with Crippen LogP contribution in [0.2, 0.25) is 0 Å². The van der Waals surface area contributed by atoms with Crippen molar-refractivity contribution in [1.29, 1.82) is 0 Å². The van der Waals surface area contributed by atoms with E-state index >= 15 is 0 Å². The molecule has 0 aliphatic carbocycles. The predicted molar refractivity (Wildman–Crippen MR) is 122 cm³/mol. The van der Waals surface area contributed by atoms with Gasteiger partial charge in [0.15, 0.2) is 11.0 Å². The lowest BCUT2D eigenvalue weighted by molar-refractivity contribution is 0.0423. The van der Waals surface area contributed by atoms with Gasteiger partial charge in [-0.3, -0.25) is 9.59 Å². The van der Waals surface area contributed by atoms with Crippen molar-refractivity contribution >= 4 is 28.5 Å². The average molecular weight is 437 g/mol. The Morgan fingerprint density at radius 3 is 2.53 bits per heavy atom. The third-order valence-electron chi connectivity index (χ3n) is 4.63. The minimum Gasteiger partial charge on any atom is -0.494 e. The Morgan fingerprint density at radius 1 is 1.09 bits per heavy atom. The molecule has 0 aliphatic rings. The molecule has 32 heavy (non-hydrogen) atoms. The number of hydrogen-bond acceptors (Lipinski definition) is 6. The molecule has 0 fully saturated rings. The zero-order valence-electron chi connectivity index (χ0n) is 18.5. The summed E-state index contributed by atoms with van der Waals surface area (Å²) in [6.07, 6.45) is 2.00.